The summed E-state index contributed by atoms with van der Waals surface area (Å²) in [6.45, 7) is 2.76. The quantitative estimate of drug-likeness (QED) is 0.403. The Bertz CT molecular complexity index is 1130. The molecule has 0 saturated carbocycles. The summed E-state index contributed by atoms with van der Waals surface area (Å²) >= 11 is 0. The molecule has 1 amide bonds. The summed E-state index contributed by atoms with van der Waals surface area (Å²) in [5, 5.41) is 7.24. The molecule has 36 heavy (non-hydrogen) atoms. The van der Waals surface area contributed by atoms with Gasteiger partial charge in [0.2, 0.25) is 17.6 Å². The fraction of sp³-hybridized carbons (Fsp3) is 0.444. The number of benzene rings is 2. The second-order valence-electron chi connectivity index (χ2n) is 8.90. The number of hydrogen-bond acceptors (Lipinski definition) is 8. The zero-order valence-electron chi connectivity index (χ0n) is 21.2. The van der Waals surface area contributed by atoms with Crippen LogP contribution in [0.2, 0.25) is 0 Å². The number of likely N-dealkylation sites (tertiary alicyclic amines) is 1. The zero-order chi connectivity index (χ0) is 25.3. The van der Waals surface area contributed by atoms with Gasteiger partial charge in [-0.1, -0.05) is 17.3 Å². The van der Waals surface area contributed by atoms with E-state index in [1.807, 2.05) is 30.3 Å². The summed E-state index contributed by atoms with van der Waals surface area (Å²) in [6.07, 6.45) is 3.66. The molecule has 0 aliphatic carbocycles. The zero-order valence-corrected chi connectivity index (χ0v) is 21.2. The van der Waals surface area contributed by atoms with Crippen LogP contribution in [0.3, 0.4) is 0 Å². The Morgan fingerprint density at radius 1 is 1.08 bits per heavy atom. The molecule has 0 spiro atoms. The van der Waals surface area contributed by atoms with Gasteiger partial charge in [-0.3, -0.25) is 9.69 Å². The van der Waals surface area contributed by atoms with E-state index < -0.39 is 0 Å². The van der Waals surface area contributed by atoms with Crippen LogP contribution in [0.4, 0.5) is 0 Å². The van der Waals surface area contributed by atoms with E-state index in [1.54, 1.807) is 21.3 Å². The van der Waals surface area contributed by atoms with E-state index in [0.29, 0.717) is 42.8 Å². The second kappa shape index (κ2) is 12.4. The summed E-state index contributed by atoms with van der Waals surface area (Å²) in [5.41, 5.74) is 2.02. The summed E-state index contributed by atoms with van der Waals surface area (Å²) in [6, 6.07) is 13.6. The molecule has 0 radical (unpaired) electrons. The first-order valence-corrected chi connectivity index (χ1v) is 12.3. The summed E-state index contributed by atoms with van der Waals surface area (Å²) in [7, 11) is 4.85. The number of amides is 1. The van der Waals surface area contributed by atoms with Crippen molar-refractivity contribution in [1.29, 1.82) is 0 Å². The van der Waals surface area contributed by atoms with Gasteiger partial charge in [0.05, 0.1) is 33.8 Å². The first kappa shape index (κ1) is 25.5. The molecule has 9 nitrogen and oxygen atoms in total. The number of aromatic nitrogens is 2. The van der Waals surface area contributed by atoms with E-state index in [4.69, 9.17) is 18.7 Å². The summed E-state index contributed by atoms with van der Waals surface area (Å²) in [4.78, 5) is 19.5. The molecular formula is C27H34N4O5. The topological polar surface area (TPSA) is 99.0 Å². The number of rotatable bonds is 11. The van der Waals surface area contributed by atoms with Crippen LogP contribution in [0.15, 0.2) is 47.0 Å². The second-order valence-corrected chi connectivity index (χ2v) is 8.90. The normalized spacial score (nSPS) is 15.9. The van der Waals surface area contributed by atoms with Crippen LogP contribution in [0.25, 0.3) is 11.4 Å². The molecule has 2 aromatic carbocycles. The number of nitrogens with one attached hydrogen (secondary N) is 1. The molecule has 3 aromatic rings. The van der Waals surface area contributed by atoms with Crippen molar-refractivity contribution in [1.82, 2.24) is 20.4 Å². The molecule has 1 fully saturated rings. The molecule has 4 rings (SSSR count). The van der Waals surface area contributed by atoms with Crippen LogP contribution < -0.4 is 19.5 Å². The van der Waals surface area contributed by atoms with Crippen molar-refractivity contribution in [2.24, 2.45) is 5.92 Å². The third-order valence-electron chi connectivity index (χ3n) is 6.45. The van der Waals surface area contributed by atoms with Crippen molar-refractivity contribution in [3.8, 4) is 28.6 Å². The third kappa shape index (κ3) is 6.54. The van der Waals surface area contributed by atoms with Gasteiger partial charge in [0.1, 0.15) is 5.75 Å². The lowest BCUT2D eigenvalue weighted by molar-refractivity contribution is -0.126. The fourth-order valence-electron chi connectivity index (χ4n) is 4.46. The van der Waals surface area contributed by atoms with Crippen molar-refractivity contribution < 1.29 is 23.5 Å². The largest absolute Gasteiger partial charge is 0.497 e. The number of aryl methyl sites for hydroxylation is 1. The van der Waals surface area contributed by atoms with Crippen molar-refractivity contribution in [3.63, 3.8) is 0 Å². The molecule has 1 saturated heterocycles. The molecule has 1 atom stereocenters. The van der Waals surface area contributed by atoms with Gasteiger partial charge >= 0.3 is 0 Å². The molecule has 1 aliphatic rings. The third-order valence-corrected chi connectivity index (χ3v) is 6.45. The molecule has 9 heteroatoms. The van der Waals surface area contributed by atoms with Crippen LogP contribution in [0.1, 0.15) is 30.7 Å². The number of carbonyl (C=O) groups excluding carboxylic acids is 1. The minimum Gasteiger partial charge on any atom is -0.497 e. The van der Waals surface area contributed by atoms with E-state index in [2.05, 4.69) is 32.5 Å². The molecule has 1 N–H and O–H groups in total. The molecule has 192 valence electrons. The molecule has 1 aromatic heterocycles. The Kier molecular flexibility index (Phi) is 8.78. The highest BCUT2D eigenvalue weighted by Crippen LogP contribution is 2.31. The van der Waals surface area contributed by atoms with Gasteiger partial charge in [0.25, 0.3) is 0 Å². The Labute approximate surface area is 211 Å². The van der Waals surface area contributed by atoms with Gasteiger partial charge < -0.3 is 24.1 Å². The van der Waals surface area contributed by atoms with E-state index >= 15 is 0 Å². The number of hydrogen-bond donors (Lipinski definition) is 1. The standard InChI is InChI=1S/C27H34N4O5/c1-33-22-11-8-19(9-12-22)6-4-14-28-27(32)21-7-5-15-31(17-21)18-25-29-26(30-36-25)20-10-13-23(34-2)24(16-20)35-3/h8-13,16,21H,4-7,14-15,17-18H2,1-3H3,(H,28,32). The van der Waals surface area contributed by atoms with Crippen molar-refractivity contribution in [2.45, 2.75) is 32.2 Å². The van der Waals surface area contributed by atoms with E-state index in [9.17, 15) is 4.79 Å². The highest BCUT2D eigenvalue weighted by molar-refractivity contribution is 5.78. The number of methoxy groups -OCH3 is 3. The summed E-state index contributed by atoms with van der Waals surface area (Å²) in [5.74, 6) is 3.21. The number of piperidine rings is 1. The molecule has 1 unspecified atom stereocenters. The Morgan fingerprint density at radius 2 is 1.89 bits per heavy atom. The van der Waals surface area contributed by atoms with Crippen LogP contribution in [-0.4, -0.2) is 61.9 Å². The maximum Gasteiger partial charge on any atom is 0.241 e. The number of nitrogens with zero attached hydrogens (tertiary/aromatic N) is 3. The van der Waals surface area contributed by atoms with Gasteiger partial charge in [0, 0.05) is 18.7 Å². The van der Waals surface area contributed by atoms with Gasteiger partial charge in [0.15, 0.2) is 11.5 Å². The minimum absolute atomic E-state index is 0.0343. The van der Waals surface area contributed by atoms with Crippen molar-refractivity contribution in [2.75, 3.05) is 41.0 Å². The Hall–Kier alpha value is -3.59. The number of ether oxygens (including phenoxy) is 3. The van der Waals surface area contributed by atoms with Crippen LogP contribution in [0, 0.1) is 5.92 Å². The van der Waals surface area contributed by atoms with E-state index in [0.717, 1.165) is 43.5 Å². The lowest BCUT2D eigenvalue weighted by atomic mass is 9.97. The fourth-order valence-corrected chi connectivity index (χ4v) is 4.46. The first-order chi connectivity index (χ1) is 17.6. The lowest BCUT2D eigenvalue weighted by Crippen LogP contribution is -2.43. The maximum absolute atomic E-state index is 12.8. The van der Waals surface area contributed by atoms with Gasteiger partial charge in [-0.25, -0.2) is 0 Å². The van der Waals surface area contributed by atoms with Gasteiger partial charge in [-0.15, -0.1) is 0 Å². The first-order valence-electron chi connectivity index (χ1n) is 12.3. The molecule has 2 heterocycles. The Balaban J connectivity index is 1.24. The molecular weight excluding hydrogens is 460 g/mol. The van der Waals surface area contributed by atoms with Crippen molar-refractivity contribution >= 4 is 5.91 Å². The van der Waals surface area contributed by atoms with Gasteiger partial charge in [-0.05, 0) is 68.1 Å². The SMILES string of the molecule is COc1ccc(CCCNC(=O)C2CCCN(Cc3nc(-c4ccc(OC)c(OC)c4)no3)C2)cc1. The smallest absolute Gasteiger partial charge is 0.241 e. The van der Waals surface area contributed by atoms with E-state index in [1.165, 1.54) is 5.56 Å². The maximum atomic E-state index is 12.8. The highest BCUT2D eigenvalue weighted by Gasteiger charge is 2.26. The average molecular weight is 495 g/mol. The van der Waals surface area contributed by atoms with Gasteiger partial charge in [-0.2, -0.15) is 4.98 Å². The van der Waals surface area contributed by atoms with Crippen LogP contribution in [-0.2, 0) is 17.8 Å². The predicted octanol–water partition coefficient (Wildman–Crippen LogP) is 3.72. The summed E-state index contributed by atoms with van der Waals surface area (Å²) < 4.78 is 21.3. The van der Waals surface area contributed by atoms with E-state index in [-0.39, 0.29) is 11.8 Å². The van der Waals surface area contributed by atoms with Crippen molar-refractivity contribution in [3.05, 3.63) is 53.9 Å². The lowest BCUT2D eigenvalue weighted by Gasteiger charge is -2.30. The average Bonchev–Trinajstić information content (AvgIpc) is 3.39. The minimum atomic E-state index is -0.0343. The molecule has 0 bridgehead atoms. The van der Waals surface area contributed by atoms with Crippen LogP contribution >= 0.6 is 0 Å². The number of carbonyl (C=O) groups is 1. The highest BCUT2D eigenvalue weighted by atomic mass is 16.5. The van der Waals surface area contributed by atoms with Crippen LogP contribution in [0.5, 0.6) is 17.2 Å². The monoisotopic (exact) mass is 494 g/mol. The Morgan fingerprint density at radius 3 is 2.64 bits per heavy atom. The predicted molar refractivity (Wildman–Crippen MR) is 135 cm³/mol. The molecule has 1 aliphatic heterocycles.